The molecule has 1 heterocycles. The Hall–Kier alpha value is -0.0900. The molecule has 0 N–H and O–H groups in total. The molecular weight excluding hydrogens is 176 g/mol. The van der Waals surface area contributed by atoms with Crippen molar-refractivity contribution in [2.45, 2.75) is 31.6 Å². The molecule has 4 heteroatoms. The Morgan fingerprint density at radius 1 is 1.42 bits per heavy atom. The molecule has 1 aliphatic heterocycles. The molecule has 1 saturated heterocycles. The van der Waals surface area contributed by atoms with E-state index >= 15 is 0 Å². The quantitative estimate of drug-likeness (QED) is 0.651. The monoisotopic (exact) mass is 192 g/mol. The maximum atomic E-state index is 11.5. The zero-order chi connectivity index (χ0) is 9.35. The van der Waals surface area contributed by atoms with Gasteiger partial charge in [0.05, 0.1) is 17.1 Å². The summed E-state index contributed by atoms with van der Waals surface area (Å²) in [6.07, 6.45) is 0.566. The predicted octanol–water partition coefficient (Wildman–Crippen LogP) is 0.845. The van der Waals surface area contributed by atoms with Crippen molar-refractivity contribution in [3.05, 3.63) is 0 Å². The summed E-state index contributed by atoms with van der Waals surface area (Å²) in [7, 11) is -1.29. The van der Waals surface area contributed by atoms with Gasteiger partial charge >= 0.3 is 0 Å². The van der Waals surface area contributed by atoms with E-state index < -0.39 is 9.84 Å². The number of methoxy groups -OCH3 is 1. The number of ether oxygens (including phenoxy) is 1. The lowest BCUT2D eigenvalue weighted by Gasteiger charge is -2.20. The van der Waals surface area contributed by atoms with Crippen molar-refractivity contribution in [3.63, 3.8) is 0 Å². The van der Waals surface area contributed by atoms with E-state index in [1.807, 2.05) is 13.8 Å². The molecule has 0 aliphatic carbocycles. The van der Waals surface area contributed by atoms with Crippen LogP contribution in [0.1, 0.15) is 20.3 Å². The van der Waals surface area contributed by atoms with Crippen LogP contribution in [0.5, 0.6) is 0 Å². The molecule has 0 aromatic heterocycles. The van der Waals surface area contributed by atoms with E-state index in [0.717, 1.165) is 0 Å². The first-order chi connectivity index (χ1) is 5.49. The maximum Gasteiger partial charge on any atom is 0.156 e. The topological polar surface area (TPSA) is 43.4 Å². The second-order valence-electron chi connectivity index (χ2n) is 3.64. The van der Waals surface area contributed by atoms with Crippen LogP contribution in [0.4, 0.5) is 0 Å². The van der Waals surface area contributed by atoms with E-state index in [1.54, 1.807) is 7.11 Å². The summed E-state index contributed by atoms with van der Waals surface area (Å²) in [6, 6.07) is 0. The lowest BCUT2D eigenvalue weighted by molar-refractivity contribution is 0.0930. The Morgan fingerprint density at radius 2 is 2.00 bits per heavy atom. The van der Waals surface area contributed by atoms with Crippen LogP contribution in [0.2, 0.25) is 0 Å². The summed E-state index contributed by atoms with van der Waals surface area (Å²) in [5, 5.41) is -0.289. The van der Waals surface area contributed by atoms with Crippen LogP contribution >= 0.6 is 0 Å². The molecule has 1 aliphatic rings. The smallest absolute Gasteiger partial charge is 0.156 e. The lowest BCUT2D eigenvalue weighted by atomic mass is 10.0. The summed E-state index contributed by atoms with van der Waals surface area (Å²) in [5.74, 6) is 0.441. The van der Waals surface area contributed by atoms with Crippen molar-refractivity contribution >= 4 is 9.84 Å². The van der Waals surface area contributed by atoms with Crippen LogP contribution in [-0.2, 0) is 14.6 Å². The van der Waals surface area contributed by atoms with Crippen LogP contribution in [0.15, 0.2) is 0 Å². The highest BCUT2D eigenvalue weighted by Crippen LogP contribution is 2.28. The molecule has 3 nitrogen and oxygen atoms in total. The Morgan fingerprint density at radius 3 is 2.33 bits per heavy atom. The van der Waals surface area contributed by atoms with Crippen molar-refractivity contribution in [1.29, 1.82) is 0 Å². The highest BCUT2D eigenvalue weighted by Gasteiger charge is 2.42. The van der Waals surface area contributed by atoms with Crippen LogP contribution < -0.4 is 0 Å². The third-order valence-corrected chi connectivity index (χ3v) is 4.91. The van der Waals surface area contributed by atoms with Crippen molar-refractivity contribution in [1.82, 2.24) is 0 Å². The van der Waals surface area contributed by atoms with Crippen molar-refractivity contribution in [2.75, 3.05) is 12.9 Å². The Kier molecular flexibility index (Phi) is 2.78. The lowest BCUT2D eigenvalue weighted by Crippen LogP contribution is -2.32. The van der Waals surface area contributed by atoms with E-state index in [2.05, 4.69) is 0 Å². The number of sulfone groups is 1. The fourth-order valence-electron chi connectivity index (χ4n) is 1.91. The molecule has 0 aromatic rings. The highest BCUT2D eigenvalue weighted by atomic mass is 32.2. The van der Waals surface area contributed by atoms with E-state index in [9.17, 15) is 8.42 Å². The van der Waals surface area contributed by atoms with Gasteiger partial charge in [-0.05, 0) is 12.3 Å². The molecule has 0 amide bonds. The van der Waals surface area contributed by atoms with Gasteiger partial charge in [0.15, 0.2) is 9.84 Å². The predicted molar refractivity (Wildman–Crippen MR) is 47.8 cm³/mol. The van der Waals surface area contributed by atoms with E-state index in [4.69, 9.17) is 4.74 Å². The van der Waals surface area contributed by atoms with Gasteiger partial charge in [-0.25, -0.2) is 8.42 Å². The van der Waals surface area contributed by atoms with Crippen molar-refractivity contribution < 1.29 is 13.2 Å². The average molecular weight is 192 g/mol. The van der Waals surface area contributed by atoms with Gasteiger partial charge in [0.2, 0.25) is 0 Å². The Labute approximate surface area is 74.0 Å². The zero-order valence-electron chi connectivity index (χ0n) is 7.78. The molecule has 1 rings (SSSR count). The second kappa shape index (κ2) is 3.34. The normalized spacial score (nSPS) is 34.3. The fourth-order valence-corrected chi connectivity index (χ4v) is 4.28. The number of hydrogen-bond acceptors (Lipinski definition) is 3. The SMILES string of the molecule is CO[C@@H]1CCS(=O)(=O)[C@@H]1C(C)C. The highest BCUT2D eigenvalue weighted by molar-refractivity contribution is 7.92. The summed E-state index contributed by atoms with van der Waals surface area (Å²) < 4.78 is 28.1. The number of hydrogen-bond donors (Lipinski definition) is 0. The van der Waals surface area contributed by atoms with Gasteiger partial charge in [0.1, 0.15) is 0 Å². The van der Waals surface area contributed by atoms with Gasteiger partial charge in [0.25, 0.3) is 0 Å². The van der Waals surface area contributed by atoms with E-state index in [-0.39, 0.29) is 23.0 Å². The van der Waals surface area contributed by atoms with Gasteiger partial charge in [-0.2, -0.15) is 0 Å². The molecule has 0 radical (unpaired) electrons. The van der Waals surface area contributed by atoms with Crippen LogP contribution in [0.25, 0.3) is 0 Å². The van der Waals surface area contributed by atoms with E-state index in [0.29, 0.717) is 6.42 Å². The minimum absolute atomic E-state index is 0.0880. The summed E-state index contributed by atoms with van der Waals surface area (Å²) >= 11 is 0. The van der Waals surface area contributed by atoms with Gasteiger partial charge in [0, 0.05) is 7.11 Å². The average Bonchev–Trinajstić information content (AvgIpc) is 2.24. The first kappa shape index (κ1) is 9.99. The molecule has 2 atom stereocenters. The maximum absolute atomic E-state index is 11.5. The fraction of sp³-hybridized carbons (Fsp3) is 1.00. The summed E-state index contributed by atoms with van der Waals surface area (Å²) in [5.41, 5.74) is 0. The third-order valence-electron chi connectivity index (χ3n) is 2.43. The second-order valence-corrected chi connectivity index (χ2v) is 5.92. The molecule has 0 unspecified atom stereocenters. The molecule has 0 saturated carbocycles. The molecular formula is C8H16O3S. The van der Waals surface area contributed by atoms with Crippen LogP contribution in [0.3, 0.4) is 0 Å². The molecule has 0 bridgehead atoms. The first-order valence-corrected chi connectivity index (χ1v) is 5.95. The Bertz CT molecular complexity index is 243. The molecule has 12 heavy (non-hydrogen) atoms. The van der Waals surface area contributed by atoms with Crippen molar-refractivity contribution in [3.8, 4) is 0 Å². The van der Waals surface area contributed by atoms with E-state index in [1.165, 1.54) is 0 Å². The largest absolute Gasteiger partial charge is 0.380 e. The Balaban J connectivity index is 2.88. The van der Waals surface area contributed by atoms with Crippen LogP contribution in [0, 0.1) is 5.92 Å². The standard InChI is InChI=1S/C8H16O3S/c1-6(2)8-7(11-3)4-5-12(8,9)10/h6-8H,4-5H2,1-3H3/t7-,8-/m1/s1. The minimum atomic E-state index is -2.87. The van der Waals surface area contributed by atoms with Crippen LogP contribution in [-0.4, -0.2) is 32.6 Å². The van der Waals surface area contributed by atoms with Gasteiger partial charge < -0.3 is 4.74 Å². The van der Waals surface area contributed by atoms with Gasteiger partial charge in [-0.1, -0.05) is 13.8 Å². The molecule has 72 valence electrons. The molecule has 0 spiro atoms. The zero-order valence-corrected chi connectivity index (χ0v) is 8.60. The van der Waals surface area contributed by atoms with Crippen molar-refractivity contribution in [2.24, 2.45) is 5.92 Å². The van der Waals surface area contributed by atoms with Gasteiger partial charge in [-0.3, -0.25) is 0 Å². The molecule has 1 fully saturated rings. The summed E-state index contributed by atoms with van der Waals surface area (Å²) in [6.45, 7) is 3.86. The third kappa shape index (κ3) is 1.64. The molecule has 0 aromatic carbocycles. The number of rotatable bonds is 2. The minimum Gasteiger partial charge on any atom is -0.380 e. The summed E-state index contributed by atoms with van der Waals surface area (Å²) in [4.78, 5) is 0. The van der Waals surface area contributed by atoms with Gasteiger partial charge in [-0.15, -0.1) is 0 Å². The first-order valence-electron chi connectivity index (χ1n) is 4.23.